The molecule has 9 heteroatoms. The number of imidazole rings is 1. The molecule has 0 saturated heterocycles. The average molecular weight is 1010 g/mol. The molecule has 64 heavy (non-hydrogen) atoms. The molecular weight excluding hydrogens is 971 g/mol. The summed E-state index contributed by atoms with van der Waals surface area (Å²) in [5.74, 6) is 5.13. The maximum atomic E-state index is 6.99. The molecular formula is C55H39BN4O3Pt-2. The Kier molecular flexibility index (Phi) is 8.36. The van der Waals surface area contributed by atoms with Crippen molar-refractivity contribution < 1.29 is 39.8 Å². The van der Waals surface area contributed by atoms with E-state index in [-0.39, 0.29) is 38.6 Å². The van der Waals surface area contributed by atoms with Gasteiger partial charge in [0.15, 0.2) is 0 Å². The van der Waals surface area contributed by atoms with Gasteiger partial charge in [0, 0.05) is 55.8 Å². The maximum absolute atomic E-state index is 6.99. The Morgan fingerprint density at radius 3 is 2.22 bits per heavy atom. The number of rotatable bonds is 4. The van der Waals surface area contributed by atoms with Crippen LogP contribution >= 0.6 is 0 Å². The number of pyridine rings is 1. The quantitative estimate of drug-likeness (QED) is 0.100. The monoisotopic (exact) mass is 1010 g/mol. The number of hydrogen-bond donors (Lipinski definition) is 0. The summed E-state index contributed by atoms with van der Waals surface area (Å²) in [4.78, 5) is 5.01. The smallest absolute Gasteiger partial charge is 0.268 e. The van der Waals surface area contributed by atoms with Gasteiger partial charge < -0.3 is 23.3 Å². The molecule has 0 fully saturated rings. The summed E-state index contributed by atoms with van der Waals surface area (Å²) >= 11 is 0. The normalized spacial score (nSPS) is 13.9. The van der Waals surface area contributed by atoms with Gasteiger partial charge in [-0.15, -0.1) is 29.8 Å². The first-order chi connectivity index (χ1) is 30.6. The van der Waals surface area contributed by atoms with Crippen LogP contribution in [-0.4, -0.2) is 20.8 Å². The molecule has 3 aromatic heterocycles. The summed E-state index contributed by atoms with van der Waals surface area (Å²) in [6, 6.07) is 55.7. The van der Waals surface area contributed by atoms with Crippen LogP contribution in [0.15, 0.2) is 146 Å². The van der Waals surface area contributed by atoms with E-state index in [1.165, 1.54) is 11.1 Å². The summed E-state index contributed by atoms with van der Waals surface area (Å²) in [6.45, 7) is 11.2. The van der Waals surface area contributed by atoms with Crippen LogP contribution in [0, 0.1) is 18.5 Å². The van der Waals surface area contributed by atoms with E-state index in [0.29, 0.717) is 11.5 Å². The second kappa shape index (κ2) is 13.8. The Bertz CT molecular complexity index is 3580. The van der Waals surface area contributed by atoms with Gasteiger partial charge >= 0.3 is 0 Å². The van der Waals surface area contributed by atoms with E-state index >= 15 is 0 Å². The Balaban J connectivity index is 0.00000433. The minimum Gasteiger partial charge on any atom is -0.510 e. The largest absolute Gasteiger partial charge is 0.510 e. The third-order valence-corrected chi connectivity index (χ3v) is 13.3. The van der Waals surface area contributed by atoms with Crippen LogP contribution < -0.4 is 35.2 Å². The van der Waals surface area contributed by atoms with Gasteiger partial charge in [-0.25, -0.2) is 4.98 Å². The number of aromatic nitrogens is 4. The predicted molar refractivity (Wildman–Crippen MR) is 248 cm³/mol. The summed E-state index contributed by atoms with van der Waals surface area (Å²) in [7, 11) is 0. The van der Waals surface area contributed by atoms with Crippen molar-refractivity contribution in [1.82, 2.24) is 14.1 Å². The van der Waals surface area contributed by atoms with E-state index in [4.69, 9.17) is 19.2 Å². The van der Waals surface area contributed by atoms with Gasteiger partial charge in [-0.1, -0.05) is 118 Å². The third-order valence-electron chi connectivity index (χ3n) is 13.3. The van der Waals surface area contributed by atoms with Crippen LogP contribution in [0.25, 0.3) is 50.0 Å². The van der Waals surface area contributed by atoms with E-state index in [1.807, 2.05) is 36.5 Å². The van der Waals surface area contributed by atoms with Crippen LogP contribution in [0.4, 0.5) is 0 Å². The van der Waals surface area contributed by atoms with Gasteiger partial charge in [0.2, 0.25) is 0 Å². The molecule has 6 heterocycles. The third kappa shape index (κ3) is 5.51. The molecule has 0 spiro atoms. The number of benzene rings is 7. The molecule has 0 aliphatic carbocycles. The molecule has 0 N–H and O–H groups in total. The molecule has 10 aromatic rings. The molecule has 0 amide bonds. The number of hydrogen-bond acceptors (Lipinski definition) is 4. The molecule has 0 saturated carbocycles. The zero-order valence-corrected chi connectivity index (χ0v) is 38.0. The fraction of sp³-hybridized carbons (Fsp3) is 0.127. The fourth-order valence-corrected chi connectivity index (χ4v) is 10.2. The van der Waals surface area contributed by atoms with E-state index in [1.54, 1.807) is 0 Å². The van der Waals surface area contributed by atoms with Crippen molar-refractivity contribution in [1.29, 1.82) is 0 Å². The first-order valence-corrected chi connectivity index (χ1v) is 21.5. The number of nitrogens with zero attached hydrogens (tertiary/aromatic N) is 4. The number of ether oxygens (including phenoxy) is 3. The van der Waals surface area contributed by atoms with E-state index in [0.717, 1.165) is 95.0 Å². The minimum atomic E-state index is -0.284. The molecule has 0 unspecified atom stereocenters. The summed E-state index contributed by atoms with van der Waals surface area (Å²) < 4.78 is 27.0. The van der Waals surface area contributed by atoms with Crippen molar-refractivity contribution in [2.75, 3.05) is 0 Å². The van der Waals surface area contributed by atoms with Gasteiger partial charge in [-0.05, 0) is 80.4 Å². The van der Waals surface area contributed by atoms with Crippen molar-refractivity contribution >= 4 is 55.9 Å². The van der Waals surface area contributed by atoms with Crippen molar-refractivity contribution in [2.45, 2.75) is 45.4 Å². The van der Waals surface area contributed by atoms with Crippen LogP contribution in [0.3, 0.4) is 0 Å². The standard InChI is InChI=1S/C55H39BN4O3.Pt/c1-54(2,3)33-26-27-57-49(28-33)60-43-29-35(61-36-23-25-38-44(30-36)59-32-58(34-14-7-6-8-15-34)42-19-13-16-39(52(42)59)55(38,4)5)22-24-37(43)50-45(60)31-48-51-53(50)63-47-21-12-10-18-41(47)56(51)40-17-9-11-20-46(40)62-48;/h6-28,31H,1-5H3;/q-2;. The zero-order valence-electron chi connectivity index (χ0n) is 35.8. The Labute approximate surface area is 385 Å². The molecule has 13 rings (SSSR count). The second-order valence-electron chi connectivity index (χ2n) is 18.4. The minimum absolute atomic E-state index is 0. The first-order valence-electron chi connectivity index (χ1n) is 21.5. The summed E-state index contributed by atoms with van der Waals surface area (Å²) in [5, 5.41) is 1.94. The average Bonchev–Trinajstić information content (AvgIpc) is 3.85. The Morgan fingerprint density at radius 2 is 1.44 bits per heavy atom. The van der Waals surface area contributed by atoms with Gasteiger partial charge in [0.05, 0.1) is 16.7 Å². The summed E-state index contributed by atoms with van der Waals surface area (Å²) in [5.41, 5.74) is 12.3. The second-order valence-corrected chi connectivity index (χ2v) is 18.4. The molecule has 7 aromatic carbocycles. The number of para-hydroxylation sites is 4. The van der Waals surface area contributed by atoms with Gasteiger partial charge in [0.25, 0.3) is 13.0 Å². The van der Waals surface area contributed by atoms with E-state index < -0.39 is 0 Å². The molecule has 312 valence electrons. The van der Waals surface area contributed by atoms with Crippen molar-refractivity contribution in [3.05, 3.63) is 181 Å². The van der Waals surface area contributed by atoms with Crippen LogP contribution in [0.5, 0.6) is 34.5 Å². The Hall–Kier alpha value is -6.89. The van der Waals surface area contributed by atoms with Gasteiger partial charge in [-0.2, -0.15) is 12.1 Å². The predicted octanol–water partition coefficient (Wildman–Crippen LogP) is 10.3. The maximum Gasteiger partial charge on any atom is 0.268 e. The molecule has 7 nitrogen and oxygen atoms in total. The summed E-state index contributed by atoms with van der Waals surface area (Å²) in [6.07, 6.45) is 5.57. The first kappa shape index (κ1) is 38.8. The van der Waals surface area contributed by atoms with E-state index in [2.05, 4.69) is 176 Å². The van der Waals surface area contributed by atoms with Crippen LogP contribution in [0.1, 0.15) is 51.3 Å². The van der Waals surface area contributed by atoms with Crippen molar-refractivity contribution in [2.24, 2.45) is 0 Å². The van der Waals surface area contributed by atoms with Crippen LogP contribution in [-0.2, 0) is 31.9 Å². The molecule has 3 aliphatic rings. The van der Waals surface area contributed by atoms with Gasteiger partial charge in [-0.3, -0.25) is 4.57 Å². The zero-order chi connectivity index (χ0) is 42.4. The Morgan fingerprint density at radius 1 is 0.719 bits per heavy atom. The molecule has 3 aliphatic heterocycles. The molecule has 0 bridgehead atoms. The number of fused-ring (bicyclic) bond motifs is 10. The van der Waals surface area contributed by atoms with Crippen LogP contribution in [0.2, 0.25) is 0 Å². The topological polar surface area (TPSA) is 54.3 Å². The molecule has 0 atom stereocenters. The van der Waals surface area contributed by atoms with Gasteiger partial charge in [0.1, 0.15) is 28.8 Å². The van der Waals surface area contributed by atoms with Crippen molar-refractivity contribution in [3.8, 4) is 51.7 Å². The van der Waals surface area contributed by atoms with E-state index in [9.17, 15) is 0 Å². The SMILES string of the molecule is CC(C)(C)c1ccnc(-n2c3[c-]c(Oc4[c-]c5c(cc4)C(C)(C)c4cccc6c4n-5[c-][n+]6-c4ccccc4)ccc3c3c4c5c(cc32)Oc2ccccc2B5c2ccccc2O4)c1.[Pt]. The molecule has 0 radical (unpaired) electrons. The van der Waals surface area contributed by atoms with Crippen molar-refractivity contribution in [3.63, 3.8) is 0 Å². The fourth-order valence-electron chi connectivity index (χ4n) is 10.2.